The number of ether oxygens (including phenoxy) is 2. The molecule has 0 saturated carbocycles. The number of fused-ring (bicyclic) bond motifs is 4. The largest absolute Gasteiger partial charge is 0.493 e. The van der Waals surface area contributed by atoms with E-state index in [1.807, 2.05) is 48.5 Å². The van der Waals surface area contributed by atoms with E-state index in [-0.39, 0.29) is 24.0 Å². The fourth-order valence-electron chi connectivity index (χ4n) is 4.92. The van der Waals surface area contributed by atoms with Crippen LogP contribution in [-0.4, -0.2) is 72.6 Å². The van der Waals surface area contributed by atoms with Gasteiger partial charge in [-0.25, -0.2) is 0 Å². The number of nitrogens with one attached hydrogen (secondary N) is 1. The van der Waals surface area contributed by atoms with Gasteiger partial charge in [-0.3, -0.25) is 14.5 Å². The molecule has 0 aliphatic carbocycles. The highest BCUT2D eigenvalue weighted by atomic mass is 35.5. The first-order valence-corrected chi connectivity index (χ1v) is 12.5. The highest BCUT2D eigenvalue weighted by Crippen LogP contribution is 2.25. The number of piperazine rings is 1. The molecular weight excluding hydrogens is 466 g/mol. The Morgan fingerprint density at radius 3 is 2.86 bits per heavy atom. The van der Waals surface area contributed by atoms with E-state index in [4.69, 9.17) is 21.1 Å². The van der Waals surface area contributed by atoms with Gasteiger partial charge in [-0.05, 0) is 36.2 Å². The average Bonchev–Trinajstić information content (AvgIpc) is 2.87. The van der Waals surface area contributed by atoms with Crippen LogP contribution in [0.15, 0.2) is 60.7 Å². The maximum Gasteiger partial charge on any atom is 0.258 e. The minimum absolute atomic E-state index is 0.0204. The molecule has 2 aromatic rings. The maximum atomic E-state index is 13.7. The molecular formula is C27H30ClN3O4. The summed E-state index contributed by atoms with van der Waals surface area (Å²) in [5.74, 6) is 0.179. The Kier molecular flexibility index (Phi) is 7.37. The molecule has 5 rings (SSSR count). The molecule has 1 N–H and O–H groups in total. The van der Waals surface area contributed by atoms with Gasteiger partial charge in [0, 0.05) is 44.2 Å². The van der Waals surface area contributed by atoms with E-state index in [2.05, 4.69) is 16.3 Å². The topological polar surface area (TPSA) is 71.1 Å². The van der Waals surface area contributed by atoms with E-state index < -0.39 is 6.04 Å². The van der Waals surface area contributed by atoms with E-state index in [9.17, 15) is 9.59 Å². The molecule has 35 heavy (non-hydrogen) atoms. The molecule has 1 saturated heterocycles. The molecule has 3 aliphatic rings. The molecule has 2 amide bonds. The van der Waals surface area contributed by atoms with Crippen molar-refractivity contribution in [2.75, 3.05) is 32.8 Å². The fourth-order valence-corrected chi connectivity index (χ4v) is 5.13. The maximum absolute atomic E-state index is 13.7. The zero-order valence-electron chi connectivity index (χ0n) is 19.6. The van der Waals surface area contributed by atoms with Gasteiger partial charge in [0.1, 0.15) is 11.8 Å². The van der Waals surface area contributed by atoms with Crippen LogP contribution >= 0.6 is 11.6 Å². The van der Waals surface area contributed by atoms with E-state index in [0.717, 1.165) is 12.0 Å². The van der Waals surface area contributed by atoms with E-state index >= 15 is 0 Å². The van der Waals surface area contributed by atoms with E-state index in [1.54, 1.807) is 11.0 Å². The minimum atomic E-state index is -0.630. The Labute approximate surface area is 210 Å². The quantitative estimate of drug-likeness (QED) is 0.647. The van der Waals surface area contributed by atoms with Crippen LogP contribution in [0, 0.1) is 0 Å². The van der Waals surface area contributed by atoms with Crippen molar-refractivity contribution < 1.29 is 19.1 Å². The summed E-state index contributed by atoms with van der Waals surface area (Å²) in [6.07, 6.45) is 5.45. The van der Waals surface area contributed by atoms with Gasteiger partial charge >= 0.3 is 0 Å². The summed E-state index contributed by atoms with van der Waals surface area (Å²) >= 11 is 6.17. The third kappa shape index (κ3) is 5.69. The third-order valence-corrected chi connectivity index (χ3v) is 6.97. The number of nitrogens with zero attached hydrogens (tertiary/aromatic N) is 2. The molecule has 2 aromatic carbocycles. The first-order chi connectivity index (χ1) is 17.1. The second kappa shape index (κ2) is 10.8. The predicted octanol–water partition coefficient (Wildman–Crippen LogP) is 3.28. The van der Waals surface area contributed by atoms with Crippen LogP contribution in [0.5, 0.6) is 5.75 Å². The molecule has 3 atom stereocenters. The summed E-state index contributed by atoms with van der Waals surface area (Å²) in [5, 5.41) is 3.72. The van der Waals surface area contributed by atoms with Crippen molar-refractivity contribution in [3.63, 3.8) is 0 Å². The van der Waals surface area contributed by atoms with Gasteiger partial charge in [-0.2, -0.15) is 0 Å². The Morgan fingerprint density at radius 2 is 1.97 bits per heavy atom. The lowest BCUT2D eigenvalue weighted by atomic mass is 10.1. The predicted molar refractivity (Wildman–Crippen MR) is 134 cm³/mol. The lowest BCUT2D eigenvalue weighted by Crippen LogP contribution is -2.61. The average molecular weight is 496 g/mol. The fraction of sp³-hybridized carbons (Fsp3) is 0.407. The SMILES string of the molecule is O=C1NC[C@@H]2C=CC[C@@H](CCOc3ccccc3C(=O)N3CCN(Cc4cccc(Cl)c4)C[C@@H]13)O2. The van der Waals surface area contributed by atoms with Crippen LogP contribution in [0.1, 0.15) is 28.8 Å². The lowest BCUT2D eigenvalue weighted by molar-refractivity contribution is -0.128. The molecule has 1 fully saturated rings. The van der Waals surface area contributed by atoms with E-state index in [0.29, 0.717) is 62.1 Å². The van der Waals surface area contributed by atoms with Gasteiger partial charge in [0.15, 0.2) is 0 Å². The Bertz CT molecular complexity index is 1110. The molecule has 8 heteroatoms. The van der Waals surface area contributed by atoms with Gasteiger partial charge in [-0.15, -0.1) is 0 Å². The first-order valence-electron chi connectivity index (χ1n) is 12.2. The van der Waals surface area contributed by atoms with E-state index in [1.165, 1.54) is 0 Å². The number of hydrogen-bond donors (Lipinski definition) is 1. The van der Waals surface area contributed by atoms with Crippen molar-refractivity contribution >= 4 is 23.4 Å². The molecule has 184 valence electrons. The highest BCUT2D eigenvalue weighted by Gasteiger charge is 2.37. The summed E-state index contributed by atoms with van der Waals surface area (Å²) in [4.78, 5) is 31.0. The first kappa shape index (κ1) is 23.9. The van der Waals surface area contributed by atoms with Gasteiger partial charge < -0.3 is 19.7 Å². The van der Waals surface area contributed by atoms with Crippen LogP contribution < -0.4 is 10.1 Å². The second-order valence-electron chi connectivity index (χ2n) is 9.22. The normalized spacial score (nSPS) is 25.6. The Hall–Kier alpha value is -2.87. The van der Waals surface area contributed by atoms with Crippen LogP contribution in [0.3, 0.4) is 0 Å². The molecule has 0 radical (unpaired) electrons. The standard InChI is InChI=1S/C27H30ClN3O4/c28-20-6-3-5-19(15-20)17-30-12-13-31-24(18-30)26(32)29-16-22-8-4-7-21(35-22)11-14-34-25-10-2-1-9-23(25)27(31)33/h1-6,8-10,15,21-22,24H,7,11-14,16-18H2,(H,29,32)/t21-,22-,24-/m0/s1. The molecule has 7 nitrogen and oxygen atoms in total. The Balaban J connectivity index is 1.41. The number of benzene rings is 2. The van der Waals surface area contributed by atoms with Gasteiger partial charge in [0.25, 0.3) is 5.91 Å². The van der Waals surface area contributed by atoms with Crippen molar-refractivity contribution in [2.45, 2.75) is 37.6 Å². The number of carbonyl (C=O) groups is 2. The number of amides is 2. The minimum Gasteiger partial charge on any atom is -0.493 e. The van der Waals surface area contributed by atoms with Gasteiger partial charge in [0.05, 0.1) is 24.4 Å². The third-order valence-electron chi connectivity index (χ3n) is 6.73. The van der Waals surface area contributed by atoms with Crippen LogP contribution in [0.2, 0.25) is 5.02 Å². The summed E-state index contributed by atoms with van der Waals surface area (Å²) < 4.78 is 12.2. The van der Waals surface area contributed by atoms with Crippen molar-refractivity contribution in [1.82, 2.24) is 15.1 Å². The van der Waals surface area contributed by atoms with Gasteiger partial charge in [-0.1, -0.05) is 48.0 Å². The number of hydrogen-bond acceptors (Lipinski definition) is 5. The number of halogens is 1. The van der Waals surface area contributed by atoms with Gasteiger partial charge in [0.2, 0.25) is 5.91 Å². The summed E-state index contributed by atoms with van der Waals surface area (Å²) in [6, 6.07) is 14.4. The highest BCUT2D eigenvalue weighted by molar-refractivity contribution is 6.30. The number of carbonyl (C=O) groups excluding carboxylic acids is 2. The second-order valence-corrected chi connectivity index (χ2v) is 9.65. The molecule has 3 aliphatic heterocycles. The zero-order valence-corrected chi connectivity index (χ0v) is 20.3. The van der Waals surface area contributed by atoms with Crippen LogP contribution in [-0.2, 0) is 16.1 Å². The van der Waals surface area contributed by atoms with Crippen molar-refractivity contribution in [2.24, 2.45) is 0 Å². The summed E-state index contributed by atoms with van der Waals surface area (Å²) in [7, 11) is 0. The summed E-state index contributed by atoms with van der Waals surface area (Å²) in [5.41, 5.74) is 1.55. The smallest absolute Gasteiger partial charge is 0.258 e. The zero-order chi connectivity index (χ0) is 24.2. The van der Waals surface area contributed by atoms with Crippen LogP contribution in [0.25, 0.3) is 0 Å². The monoisotopic (exact) mass is 495 g/mol. The van der Waals surface area contributed by atoms with Crippen molar-refractivity contribution in [1.29, 1.82) is 0 Å². The number of rotatable bonds is 2. The van der Waals surface area contributed by atoms with Crippen molar-refractivity contribution in [3.8, 4) is 5.75 Å². The molecule has 0 aromatic heterocycles. The summed E-state index contributed by atoms with van der Waals surface area (Å²) in [6.45, 7) is 3.00. The van der Waals surface area contributed by atoms with Crippen LogP contribution in [0.4, 0.5) is 0 Å². The molecule has 0 spiro atoms. The molecule has 3 heterocycles. The van der Waals surface area contributed by atoms with Crippen molar-refractivity contribution in [3.05, 3.63) is 76.8 Å². The molecule has 0 unspecified atom stereocenters. The molecule has 2 bridgehead atoms. The number of para-hydroxylation sites is 1. The Morgan fingerprint density at radius 1 is 1.09 bits per heavy atom. The lowest BCUT2D eigenvalue weighted by Gasteiger charge is -2.41.